The van der Waals surface area contributed by atoms with Crippen LogP contribution in [0.5, 0.6) is 5.75 Å². The fourth-order valence-corrected chi connectivity index (χ4v) is 1.65. The normalized spacial score (nSPS) is 10.5. The number of para-hydroxylation sites is 2. The number of alkyl halides is 2. The number of amides is 1. The molecular weight excluding hydrogens is 302 g/mol. The zero-order valence-corrected chi connectivity index (χ0v) is 11.0. The van der Waals surface area contributed by atoms with Crippen LogP contribution in [0.15, 0.2) is 36.8 Å². The van der Waals surface area contributed by atoms with Gasteiger partial charge in [-0.25, -0.2) is 0 Å². The smallest absolute Gasteiger partial charge is 0.387 e. The lowest BCUT2D eigenvalue weighted by molar-refractivity contribution is -0.389. The van der Waals surface area contributed by atoms with Crippen molar-refractivity contribution < 1.29 is 23.2 Å². The second-order valence-corrected chi connectivity index (χ2v) is 4.08. The van der Waals surface area contributed by atoms with E-state index in [2.05, 4.69) is 15.0 Å². The number of benzene rings is 1. The number of imidazole rings is 1. The summed E-state index contributed by atoms with van der Waals surface area (Å²) in [7, 11) is 0. The van der Waals surface area contributed by atoms with Gasteiger partial charge in [0.1, 0.15) is 18.5 Å². The van der Waals surface area contributed by atoms with E-state index in [9.17, 15) is 23.7 Å². The Hall–Kier alpha value is -3.04. The average molecular weight is 312 g/mol. The third-order valence-electron chi connectivity index (χ3n) is 2.51. The van der Waals surface area contributed by atoms with Gasteiger partial charge in [-0.15, -0.1) is 0 Å². The summed E-state index contributed by atoms with van der Waals surface area (Å²) in [5.74, 6) is -1.14. The Balaban J connectivity index is 2.04. The van der Waals surface area contributed by atoms with Crippen molar-refractivity contribution in [1.82, 2.24) is 9.55 Å². The summed E-state index contributed by atoms with van der Waals surface area (Å²) in [6, 6.07) is 5.69. The highest BCUT2D eigenvalue weighted by molar-refractivity contribution is 5.92. The van der Waals surface area contributed by atoms with Crippen LogP contribution in [-0.2, 0) is 11.3 Å². The first-order valence-electron chi connectivity index (χ1n) is 5.95. The number of nitro groups is 1. The molecule has 0 aliphatic rings. The van der Waals surface area contributed by atoms with Gasteiger partial charge in [-0.2, -0.15) is 8.78 Å². The molecule has 8 nitrogen and oxygen atoms in total. The largest absolute Gasteiger partial charge is 0.433 e. The molecule has 1 N–H and O–H groups in total. The number of carbonyl (C=O) groups is 1. The molecule has 116 valence electrons. The molecule has 10 heteroatoms. The van der Waals surface area contributed by atoms with Gasteiger partial charge < -0.3 is 24.7 Å². The number of halogens is 2. The van der Waals surface area contributed by atoms with Crippen molar-refractivity contribution in [2.24, 2.45) is 0 Å². The molecule has 1 heterocycles. The highest BCUT2D eigenvalue weighted by Gasteiger charge is 2.14. The minimum absolute atomic E-state index is 0.0717. The molecule has 0 bridgehead atoms. The average Bonchev–Trinajstić information content (AvgIpc) is 2.89. The van der Waals surface area contributed by atoms with Crippen LogP contribution < -0.4 is 10.1 Å². The third kappa shape index (κ3) is 3.98. The molecule has 1 aromatic carbocycles. The monoisotopic (exact) mass is 312 g/mol. The number of rotatable bonds is 6. The maximum atomic E-state index is 12.3. The molecule has 0 atom stereocenters. The minimum Gasteiger partial charge on any atom is -0.433 e. The summed E-state index contributed by atoms with van der Waals surface area (Å²) >= 11 is 0. The molecule has 0 aliphatic heterocycles. The van der Waals surface area contributed by atoms with Gasteiger partial charge in [0.2, 0.25) is 12.2 Å². The van der Waals surface area contributed by atoms with Gasteiger partial charge in [-0.05, 0) is 22.0 Å². The van der Waals surface area contributed by atoms with E-state index < -0.39 is 23.3 Å². The summed E-state index contributed by atoms with van der Waals surface area (Å²) in [5.41, 5.74) is 0.0717. The van der Waals surface area contributed by atoms with E-state index in [1.807, 2.05) is 0 Å². The van der Waals surface area contributed by atoms with Crippen molar-refractivity contribution in [1.29, 1.82) is 0 Å². The quantitative estimate of drug-likeness (QED) is 0.650. The molecule has 1 aromatic heterocycles. The van der Waals surface area contributed by atoms with Crippen molar-refractivity contribution in [2.45, 2.75) is 13.2 Å². The Morgan fingerprint density at radius 1 is 1.45 bits per heavy atom. The second kappa shape index (κ2) is 6.61. The maximum Gasteiger partial charge on any atom is 0.387 e. The lowest BCUT2D eigenvalue weighted by Gasteiger charge is -2.11. The predicted molar refractivity (Wildman–Crippen MR) is 70.6 cm³/mol. The molecule has 0 saturated heterocycles. The summed E-state index contributed by atoms with van der Waals surface area (Å²) in [4.78, 5) is 25.1. The third-order valence-corrected chi connectivity index (χ3v) is 2.51. The Kier molecular flexibility index (Phi) is 4.61. The van der Waals surface area contributed by atoms with Gasteiger partial charge in [-0.1, -0.05) is 12.1 Å². The van der Waals surface area contributed by atoms with Gasteiger partial charge in [0.25, 0.3) is 0 Å². The second-order valence-electron chi connectivity index (χ2n) is 4.08. The number of carbonyl (C=O) groups excluding carboxylic acids is 1. The topological polar surface area (TPSA) is 99.3 Å². The first-order valence-corrected chi connectivity index (χ1v) is 5.95. The van der Waals surface area contributed by atoms with Crippen LogP contribution in [0.4, 0.5) is 20.3 Å². The number of nitrogens with zero attached hydrogens (tertiary/aromatic N) is 3. The lowest BCUT2D eigenvalue weighted by atomic mass is 10.3. The Bertz CT molecular complexity index is 689. The summed E-state index contributed by atoms with van der Waals surface area (Å²) in [6.45, 7) is -3.28. The standard InChI is InChI=1S/C12H10F2N4O4/c13-12(14)22-9-4-2-1-3-8(9)16-11(19)6-17-5-10(15-7-17)18(20)21/h1-5,7,12H,6H2,(H,16,19). The predicted octanol–water partition coefficient (Wildman–Crippen LogP) is 2.03. The number of anilines is 1. The Morgan fingerprint density at radius 3 is 2.82 bits per heavy atom. The van der Waals surface area contributed by atoms with Crippen LogP contribution >= 0.6 is 0 Å². The lowest BCUT2D eigenvalue weighted by Crippen LogP contribution is -2.18. The fraction of sp³-hybridized carbons (Fsp3) is 0.167. The first-order chi connectivity index (χ1) is 10.5. The van der Waals surface area contributed by atoms with E-state index in [1.54, 1.807) is 0 Å². The van der Waals surface area contributed by atoms with Gasteiger partial charge in [0.05, 0.1) is 5.69 Å². The van der Waals surface area contributed by atoms with Crippen LogP contribution in [0.25, 0.3) is 0 Å². The van der Waals surface area contributed by atoms with Gasteiger partial charge in [0.15, 0.2) is 0 Å². The summed E-state index contributed by atoms with van der Waals surface area (Å²) in [6.07, 6.45) is 2.21. The number of hydrogen-bond donors (Lipinski definition) is 1. The Morgan fingerprint density at radius 2 is 2.18 bits per heavy atom. The molecule has 0 unspecified atom stereocenters. The van der Waals surface area contributed by atoms with E-state index >= 15 is 0 Å². The molecule has 22 heavy (non-hydrogen) atoms. The van der Waals surface area contributed by atoms with Gasteiger partial charge in [0, 0.05) is 0 Å². The first kappa shape index (κ1) is 15.4. The molecule has 2 rings (SSSR count). The zero-order chi connectivity index (χ0) is 16.1. The molecule has 1 amide bonds. The van der Waals surface area contributed by atoms with Crippen LogP contribution in [0.2, 0.25) is 0 Å². The van der Waals surface area contributed by atoms with Crippen LogP contribution in [0.3, 0.4) is 0 Å². The summed E-state index contributed by atoms with van der Waals surface area (Å²) in [5, 5.41) is 12.9. The number of aromatic nitrogens is 2. The molecule has 2 aromatic rings. The SMILES string of the molecule is O=C(Cn1cnc([N+](=O)[O-])c1)Nc1ccccc1OC(F)F. The van der Waals surface area contributed by atoms with Crippen molar-refractivity contribution in [2.75, 3.05) is 5.32 Å². The molecule has 0 spiro atoms. The van der Waals surface area contributed by atoms with E-state index in [0.717, 1.165) is 12.5 Å². The van der Waals surface area contributed by atoms with E-state index in [4.69, 9.17) is 0 Å². The van der Waals surface area contributed by atoms with Crippen LogP contribution in [0.1, 0.15) is 0 Å². The highest BCUT2D eigenvalue weighted by Crippen LogP contribution is 2.25. The van der Waals surface area contributed by atoms with Gasteiger partial charge in [-0.3, -0.25) is 4.79 Å². The maximum absolute atomic E-state index is 12.3. The Labute approximate surface area is 122 Å². The van der Waals surface area contributed by atoms with Gasteiger partial charge >= 0.3 is 12.4 Å². The van der Waals surface area contributed by atoms with Crippen molar-refractivity contribution in [3.8, 4) is 5.75 Å². The van der Waals surface area contributed by atoms with E-state index in [0.29, 0.717) is 0 Å². The molecule has 0 radical (unpaired) electrons. The molecular formula is C12H10F2N4O4. The molecule has 0 aliphatic carbocycles. The minimum atomic E-state index is -3.02. The highest BCUT2D eigenvalue weighted by atomic mass is 19.3. The molecule has 0 saturated carbocycles. The van der Waals surface area contributed by atoms with Crippen LogP contribution in [-0.4, -0.2) is 27.0 Å². The zero-order valence-electron chi connectivity index (χ0n) is 11.0. The number of nitrogens with one attached hydrogen (secondary N) is 1. The van der Waals surface area contributed by atoms with E-state index in [1.165, 1.54) is 28.8 Å². The van der Waals surface area contributed by atoms with Crippen molar-refractivity contribution >= 4 is 17.4 Å². The fourth-order valence-electron chi connectivity index (χ4n) is 1.65. The van der Waals surface area contributed by atoms with E-state index in [-0.39, 0.29) is 18.0 Å². The van der Waals surface area contributed by atoms with Crippen molar-refractivity contribution in [3.63, 3.8) is 0 Å². The van der Waals surface area contributed by atoms with Crippen molar-refractivity contribution in [3.05, 3.63) is 46.9 Å². The molecule has 0 fully saturated rings. The number of ether oxygens (including phenoxy) is 1. The van der Waals surface area contributed by atoms with Crippen LogP contribution in [0, 0.1) is 10.1 Å². The number of hydrogen-bond acceptors (Lipinski definition) is 5. The summed E-state index contributed by atoms with van der Waals surface area (Å²) < 4.78 is 30.0.